The molecule has 0 fully saturated rings. The molecule has 0 saturated heterocycles. The Balaban J connectivity index is 1.31. The first kappa shape index (κ1) is 21.8. The highest BCUT2D eigenvalue weighted by molar-refractivity contribution is 7.99. The number of nitrogens with zero attached hydrogens (tertiary/aromatic N) is 4. The minimum atomic E-state index is -0.201. The lowest BCUT2D eigenvalue weighted by Gasteiger charge is -2.05. The standard InChI is InChI=1S/C21H20N6O3S2/c1-27-17(11-18(28)22-13-6-4-3-5-7-13)25-26-21(27)31-12-19(29)24-20-23-15-9-8-14(30-2)10-16(15)32-20/h3-10H,11-12H2,1-2H3,(H,22,28)(H,23,24,29). The first-order valence-electron chi connectivity index (χ1n) is 9.62. The molecular weight excluding hydrogens is 448 g/mol. The molecule has 4 aromatic rings. The third kappa shape index (κ3) is 5.24. The van der Waals surface area contributed by atoms with Crippen LogP contribution >= 0.6 is 23.1 Å². The Hall–Kier alpha value is -3.44. The first-order valence-corrected chi connectivity index (χ1v) is 11.4. The second-order valence-corrected chi connectivity index (χ2v) is 8.71. The van der Waals surface area contributed by atoms with Crippen molar-refractivity contribution in [2.24, 2.45) is 7.05 Å². The van der Waals surface area contributed by atoms with Crippen LogP contribution in [0.3, 0.4) is 0 Å². The van der Waals surface area contributed by atoms with Crippen LogP contribution in [0.1, 0.15) is 5.82 Å². The molecule has 0 saturated carbocycles. The highest BCUT2D eigenvalue weighted by Crippen LogP contribution is 2.29. The van der Waals surface area contributed by atoms with Crippen molar-refractivity contribution in [2.45, 2.75) is 11.6 Å². The van der Waals surface area contributed by atoms with E-state index in [-0.39, 0.29) is 24.0 Å². The summed E-state index contributed by atoms with van der Waals surface area (Å²) in [5.74, 6) is 1.01. The smallest absolute Gasteiger partial charge is 0.236 e. The van der Waals surface area contributed by atoms with Gasteiger partial charge in [-0.25, -0.2) is 4.98 Å². The molecule has 2 heterocycles. The van der Waals surface area contributed by atoms with Gasteiger partial charge in [0.25, 0.3) is 0 Å². The van der Waals surface area contributed by atoms with Gasteiger partial charge in [0, 0.05) is 12.7 Å². The summed E-state index contributed by atoms with van der Waals surface area (Å²) >= 11 is 2.62. The van der Waals surface area contributed by atoms with E-state index < -0.39 is 0 Å². The monoisotopic (exact) mass is 468 g/mol. The van der Waals surface area contributed by atoms with Gasteiger partial charge in [0.1, 0.15) is 11.6 Å². The van der Waals surface area contributed by atoms with E-state index in [1.54, 1.807) is 18.7 Å². The van der Waals surface area contributed by atoms with Crippen LogP contribution in [-0.2, 0) is 23.1 Å². The molecule has 4 rings (SSSR count). The van der Waals surface area contributed by atoms with Crippen molar-refractivity contribution in [1.82, 2.24) is 19.7 Å². The van der Waals surface area contributed by atoms with Gasteiger partial charge in [-0.05, 0) is 30.3 Å². The Labute approximate surface area is 192 Å². The Morgan fingerprint density at radius 1 is 1.09 bits per heavy atom. The molecule has 2 amide bonds. The number of anilines is 2. The largest absolute Gasteiger partial charge is 0.497 e. The summed E-state index contributed by atoms with van der Waals surface area (Å²) in [6.07, 6.45) is 0.0836. The van der Waals surface area contributed by atoms with E-state index >= 15 is 0 Å². The lowest BCUT2D eigenvalue weighted by Crippen LogP contribution is -2.17. The lowest BCUT2D eigenvalue weighted by atomic mass is 10.3. The second-order valence-electron chi connectivity index (χ2n) is 6.74. The van der Waals surface area contributed by atoms with Gasteiger partial charge in [-0.15, -0.1) is 10.2 Å². The number of nitrogens with one attached hydrogen (secondary N) is 2. The van der Waals surface area contributed by atoms with Gasteiger partial charge in [0.2, 0.25) is 11.8 Å². The molecule has 0 aliphatic heterocycles. The molecule has 2 aromatic carbocycles. The number of thiazole rings is 1. The van der Waals surface area contributed by atoms with Crippen molar-refractivity contribution >= 4 is 55.9 Å². The summed E-state index contributed by atoms with van der Waals surface area (Å²) in [5, 5.41) is 14.9. The molecule has 0 radical (unpaired) electrons. The van der Waals surface area contributed by atoms with E-state index in [1.807, 2.05) is 48.5 Å². The van der Waals surface area contributed by atoms with Crippen LogP contribution in [0.4, 0.5) is 10.8 Å². The first-order chi connectivity index (χ1) is 15.5. The number of para-hydroxylation sites is 1. The Morgan fingerprint density at radius 2 is 1.91 bits per heavy atom. The molecule has 164 valence electrons. The number of aromatic nitrogens is 4. The zero-order chi connectivity index (χ0) is 22.5. The Kier molecular flexibility index (Phi) is 6.66. The average Bonchev–Trinajstić information content (AvgIpc) is 3.34. The number of ether oxygens (including phenoxy) is 1. The summed E-state index contributed by atoms with van der Waals surface area (Å²) in [5.41, 5.74) is 1.52. The minimum absolute atomic E-state index is 0.0836. The number of fused-ring (bicyclic) bond motifs is 1. The van der Waals surface area contributed by atoms with Crippen LogP contribution in [0.15, 0.2) is 53.7 Å². The Bertz CT molecular complexity index is 1260. The molecule has 32 heavy (non-hydrogen) atoms. The van der Waals surface area contributed by atoms with Crippen LogP contribution in [0.5, 0.6) is 5.75 Å². The molecule has 2 N–H and O–H groups in total. The van der Waals surface area contributed by atoms with Gasteiger partial charge in [-0.2, -0.15) is 0 Å². The summed E-state index contributed by atoms with van der Waals surface area (Å²) in [7, 11) is 3.38. The van der Waals surface area contributed by atoms with Crippen LogP contribution in [0.2, 0.25) is 0 Å². The maximum Gasteiger partial charge on any atom is 0.236 e. The number of benzene rings is 2. The van der Waals surface area contributed by atoms with Gasteiger partial charge in [0.15, 0.2) is 10.3 Å². The van der Waals surface area contributed by atoms with E-state index in [0.29, 0.717) is 16.1 Å². The number of methoxy groups -OCH3 is 1. The van der Waals surface area contributed by atoms with E-state index in [4.69, 9.17) is 4.74 Å². The van der Waals surface area contributed by atoms with Crippen LogP contribution in [0, 0.1) is 0 Å². The van der Waals surface area contributed by atoms with Crippen molar-refractivity contribution in [3.05, 3.63) is 54.4 Å². The van der Waals surface area contributed by atoms with Crippen LogP contribution < -0.4 is 15.4 Å². The predicted octanol–water partition coefficient (Wildman–Crippen LogP) is 3.35. The number of rotatable bonds is 8. The van der Waals surface area contributed by atoms with E-state index in [0.717, 1.165) is 21.7 Å². The number of carbonyl (C=O) groups excluding carboxylic acids is 2. The third-order valence-corrected chi connectivity index (χ3v) is 6.43. The molecule has 2 aromatic heterocycles. The van der Waals surface area contributed by atoms with E-state index in [2.05, 4.69) is 25.8 Å². The Morgan fingerprint density at radius 3 is 2.69 bits per heavy atom. The van der Waals surface area contributed by atoms with Gasteiger partial charge < -0.3 is 19.9 Å². The second kappa shape index (κ2) is 9.79. The molecule has 0 aliphatic carbocycles. The van der Waals surface area contributed by atoms with Crippen molar-refractivity contribution < 1.29 is 14.3 Å². The topological polar surface area (TPSA) is 111 Å². The fourth-order valence-electron chi connectivity index (χ4n) is 2.87. The highest BCUT2D eigenvalue weighted by Gasteiger charge is 2.15. The van der Waals surface area contributed by atoms with Crippen molar-refractivity contribution in [1.29, 1.82) is 0 Å². The van der Waals surface area contributed by atoms with Gasteiger partial charge in [-0.3, -0.25) is 9.59 Å². The zero-order valence-electron chi connectivity index (χ0n) is 17.4. The number of amides is 2. The maximum absolute atomic E-state index is 12.4. The minimum Gasteiger partial charge on any atom is -0.497 e. The highest BCUT2D eigenvalue weighted by atomic mass is 32.2. The number of thioether (sulfide) groups is 1. The molecule has 9 nitrogen and oxygen atoms in total. The molecule has 0 atom stereocenters. The summed E-state index contributed by atoms with van der Waals surface area (Å²) in [6, 6.07) is 14.8. The molecular formula is C21H20N6O3S2. The fourth-order valence-corrected chi connectivity index (χ4v) is 4.51. The van der Waals surface area contributed by atoms with Gasteiger partial charge >= 0.3 is 0 Å². The van der Waals surface area contributed by atoms with Crippen LogP contribution in [-0.4, -0.2) is 44.4 Å². The zero-order valence-corrected chi connectivity index (χ0v) is 19.0. The average molecular weight is 469 g/mol. The summed E-state index contributed by atoms with van der Waals surface area (Å²) in [4.78, 5) is 29.0. The van der Waals surface area contributed by atoms with Gasteiger partial charge in [-0.1, -0.05) is 41.3 Å². The summed E-state index contributed by atoms with van der Waals surface area (Å²) in [6.45, 7) is 0. The lowest BCUT2D eigenvalue weighted by molar-refractivity contribution is -0.116. The fraction of sp³-hybridized carbons (Fsp3) is 0.190. The molecule has 0 bridgehead atoms. The SMILES string of the molecule is COc1ccc2nc(NC(=O)CSc3nnc(CC(=O)Nc4ccccc4)n3C)sc2c1. The maximum atomic E-state index is 12.4. The predicted molar refractivity (Wildman–Crippen MR) is 125 cm³/mol. The summed E-state index contributed by atoms with van der Waals surface area (Å²) < 4.78 is 7.86. The van der Waals surface area contributed by atoms with Crippen molar-refractivity contribution in [2.75, 3.05) is 23.5 Å². The molecule has 11 heteroatoms. The molecule has 0 unspecified atom stereocenters. The number of hydrogen-bond donors (Lipinski definition) is 2. The molecule has 0 aliphatic rings. The normalized spacial score (nSPS) is 10.8. The van der Waals surface area contributed by atoms with E-state index in [9.17, 15) is 9.59 Å². The van der Waals surface area contributed by atoms with Crippen molar-refractivity contribution in [3.63, 3.8) is 0 Å². The quantitative estimate of drug-likeness (QED) is 0.382. The van der Waals surface area contributed by atoms with Gasteiger partial charge in [0.05, 0.1) is 29.5 Å². The van der Waals surface area contributed by atoms with E-state index in [1.165, 1.54) is 23.1 Å². The molecule has 0 spiro atoms. The van der Waals surface area contributed by atoms with Crippen molar-refractivity contribution in [3.8, 4) is 5.75 Å². The third-order valence-electron chi connectivity index (χ3n) is 4.48. The number of carbonyl (C=O) groups is 2. The number of hydrogen-bond acceptors (Lipinski definition) is 8. The van der Waals surface area contributed by atoms with Crippen LogP contribution in [0.25, 0.3) is 10.2 Å².